The Kier molecular flexibility index (Phi) is 5.22. The number of halogens is 1. The molecule has 144 valence electrons. The van der Waals surface area contributed by atoms with Gasteiger partial charge in [-0.1, -0.05) is 11.6 Å². The predicted molar refractivity (Wildman–Crippen MR) is 101 cm³/mol. The number of carbonyl (C=O) groups is 1. The lowest BCUT2D eigenvalue weighted by Gasteiger charge is -2.37. The number of rotatable bonds is 5. The molecule has 7 nitrogen and oxygen atoms in total. The Labute approximate surface area is 163 Å². The lowest BCUT2D eigenvalue weighted by atomic mass is 10.1. The molecule has 1 atom stereocenters. The number of nitrogens with one attached hydrogen (secondary N) is 1. The molecule has 1 amide bonds. The van der Waals surface area contributed by atoms with Gasteiger partial charge in [-0.15, -0.1) is 0 Å². The van der Waals surface area contributed by atoms with E-state index >= 15 is 0 Å². The van der Waals surface area contributed by atoms with Crippen molar-refractivity contribution >= 4 is 17.5 Å². The third kappa shape index (κ3) is 3.89. The van der Waals surface area contributed by atoms with Crippen LogP contribution >= 0.6 is 11.6 Å². The molecule has 0 aliphatic carbocycles. The number of fused-ring (bicyclic) bond motifs is 1. The van der Waals surface area contributed by atoms with Gasteiger partial charge in [0.25, 0.3) is 5.91 Å². The molecule has 8 heteroatoms. The number of H-pyrrole nitrogens is 1. The van der Waals surface area contributed by atoms with E-state index in [1.54, 1.807) is 31.4 Å². The lowest BCUT2D eigenvalue weighted by molar-refractivity contribution is 0.0565. The maximum atomic E-state index is 12.7. The molecule has 2 aliphatic heterocycles. The Hall–Kier alpha value is -2.25. The van der Waals surface area contributed by atoms with E-state index in [0.29, 0.717) is 28.3 Å². The monoisotopic (exact) mass is 390 g/mol. The van der Waals surface area contributed by atoms with Crippen LogP contribution in [0.3, 0.4) is 0 Å². The van der Waals surface area contributed by atoms with Crippen LogP contribution in [0.1, 0.15) is 29.0 Å². The summed E-state index contributed by atoms with van der Waals surface area (Å²) in [5.74, 6) is 1.20. The Balaban J connectivity index is 1.36. The van der Waals surface area contributed by atoms with Crippen molar-refractivity contribution < 1.29 is 14.3 Å². The molecule has 2 saturated heterocycles. The minimum absolute atomic E-state index is 0.0217. The quantitative estimate of drug-likeness (QED) is 0.849. The van der Waals surface area contributed by atoms with E-state index in [-0.39, 0.29) is 12.5 Å². The number of carbonyl (C=O) groups excluding carboxylic acids is 1. The zero-order valence-corrected chi connectivity index (χ0v) is 16.0. The van der Waals surface area contributed by atoms with Gasteiger partial charge in [0, 0.05) is 31.7 Å². The molecule has 3 heterocycles. The molecule has 2 aromatic rings. The third-order valence-electron chi connectivity index (χ3n) is 5.25. The zero-order chi connectivity index (χ0) is 18.8. The highest BCUT2D eigenvalue weighted by molar-refractivity contribution is 6.32. The van der Waals surface area contributed by atoms with Gasteiger partial charge in [0.05, 0.1) is 17.8 Å². The molecule has 27 heavy (non-hydrogen) atoms. The second-order valence-electron chi connectivity index (χ2n) is 6.95. The van der Waals surface area contributed by atoms with E-state index in [4.69, 9.17) is 21.1 Å². The first-order chi connectivity index (χ1) is 13.1. The smallest absolute Gasteiger partial charge is 0.274 e. The Bertz CT molecular complexity index is 825. The van der Waals surface area contributed by atoms with Crippen molar-refractivity contribution in [3.05, 3.63) is 40.7 Å². The van der Waals surface area contributed by atoms with Gasteiger partial charge >= 0.3 is 0 Å². The minimum Gasteiger partial charge on any atom is -0.497 e. The van der Waals surface area contributed by atoms with E-state index in [1.807, 2.05) is 4.90 Å². The van der Waals surface area contributed by atoms with Crippen molar-refractivity contribution in [3.8, 4) is 11.5 Å². The Morgan fingerprint density at radius 3 is 3.04 bits per heavy atom. The van der Waals surface area contributed by atoms with Crippen LogP contribution in [0.25, 0.3) is 0 Å². The SMILES string of the molecule is COc1ccc(OCc2cc(C(=O)N3CCN4CCCC4C3)n[nH]2)c(Cl)c1. The van der Waals surface area contributed by atoms with Gasteiger partial charge in [0.15, 0.2) is 5.69 Å². The summed E-state index contributed by atoms with van der Waals surface area (Å²) in [5.41, 5.74) is 1.16. The van der Waals surface area contributed by atoms with Crippen molar-refractivity contribution in [3.63, 3.8) is 0 Å². The van der Waals surface area contributed by atoms with Crippen molar-refractivity contribution in [2.24, 2.45) is 0 Å². The van der Waals surface area contributed by atoms with Gasteiger partial charge in [-0.25, -0.2) is 0 Å². The fourth-order valence-electron chi connectivity index (χ4n) is 3.76. The summed E-state index contributed by atoms with van der Waals surface area (Å²) in [5, 5.41) is 7.53. The average molecular weight is 391 g/mol. The predicted octanol–water partition coefficient (Wildman–Crippen LogP) is 2.57. The van der Waals surface area contributed by atoms with Crippen LogP contribution in [0.2, 0.25) is 5.02 Å². The van der Waals surface area contributed by atoms with Crippen LogP contribution in [0.15, 0.2) is 24.3 Å². The number of hydrogen-bond acceptors (Lipinski definition) is 5. The molecular formula is C19H23ClN4O3. The summed E-state index contributed by atoms with van der Waals surface area (Å²) in [4.78, 5) is 17.1. The molecule has 1 aromatic heterocycles. The molecule has 2 aliphatic rings. The Morgan fingerprint density at radius 1 is 1.33 bits per heavy atom. The lowest BCUT2D eigenvalue weighted by Crippen LogP contribution is -2.52. The molecular weight excluding hydrogens is 368 g/mol. The molecule has 0 radical (unpaired) electrons. The topological polar surface area (TPSA) is 70.7 Å². The van der Waals surface area contributed by atoms with Crippen LogP contribution in [0.5, 0.6) is 11.5 Å². The van der Waals surface area contributed by atoms with Gasteiger partial charge in [0.1, 0.15) is 18.1 Å². The fraction of sp³-hybridized carbons (Fsp3) is 0.474. The van der Waals surface area contributed by atoms with E-state index < -0.39 is 0 Å². The maximum Gasteiger partial charge on any atom is 0.274 e. The highest BCUT2D eigenvalue weighted by Crippen LogP contribution is 2.29. The maximum absolute atomic E-state index is 12.7. The summed E-state index contributed by atoms with van der Waals surface area (Å²) in [6, 6.07) is 7.49. The first kappa shape index (κ1) is 18.1. The molecule has 4 rings (SSSR count). The molecule has 0 bridgehead atoms. The van der Waals surface area contributed by atoms with Gasteiger partial charge < -0.3 is 14.4 Å². The van der Waals surface area contributed by atoms with Gasteiger partial charge in [0.2, 0.25) is 0 Å². The number of benzene rings is 1. The second kappa shape index (κ2) is 7.78. The minimum atomic E-state index is -0.0217. The van der Waals surface area contributed by atoms with Crippen LogP contribution in [0, 0.1) is 0 Å². The standard InChI is InChI=1S/C19H23ClN4O3/c1-26-15-4-5-18(16(20)10-15)27-12-13-9-17(22-21-13)19(25)24-8-7-23-6-2-3-14(23)11-24/h4-5,9-10,14H,2-3,6-8,11-12H2,1H3,(H,21,22). The van der Waals surface area contributed by atoms with E-state index in [0.717, 1.165) is 31.9 Å². The van der Waals surface area contributed by atoms with Crippen molar-refractivity contribution in [2.75, 3.05) is 33.3 Å². The number of nitrogens with zero attached hydrogens (tertiary/aromatic N) is 3. The molecule has 1 aromatic carbocycles. The highest BCUT2D eigenvalue weighted by Gasteiger charge is 2.33. The average Bonchev–Trinajstić information content (AvgIpc) is 3.35. The summed E-state index contributed by atoms with van der Waals surface area (Å²) < 4.78 is 10.9. The summed E-state index contributed by atoms with van der Waals surface area (Å²) in [6.45, 7) is 3.91. The third-order valence-corrected chi connectivity index (χ3v) is 5.54. The molecule has 0 saturated carbocycles. The van der Waals surface area contributed by atoms with Crippen LogP contribution in [0.4, 0.5) is 0 Å². The van der Waals surface area contributed by atoms with Gasteiger partial charge in [-0.05, 0) is 37.6 Å². The molecule has 1 N–H and O–H groups in total. The fourth-order valence-corrected chi connectivity index (χ4v) is 3.99. The van der Waals surface area contributed by atoms with Crippen molar-refractivity contribution in [2.45, 2.75) is 25.5 Å². The number of hydrogen-bond donors (Lipinski definition) is 1. The van der Waals surface area contributed by atoms with Gasteiger partial charge in [-0.2, -0.15) is 5.10 Å². The first-order valence-corrected chi connectivity index (χ1v) is 9.56. The Morgan fingerprint density at radius 2 is 2.22 bits per heavy atom. The van der Waals surface area contributed by atoms with Crippen molar-refractivity contribution in [1.82, 2.24) is 20.0 Å². The molecule has 0 spiro atoms. The van der Waals surface area contributed by atoms with E-state index in [1.165, 1.54) is 12.8 Å². The number of piperazine rings is 1. The van der Waals surface area contributed by atoms with Crippen molar-refractivity contribution in [1.29, 1.82) is 0 Å². The van der Waals surface area contributed by atoms with Crippen LogP contribution in [-0.2, 0) is 6.61 Å². The van der Waals surface area contributed by atoms with E-state index in [2.05, 4.69) is 15.1 Å². The number of aromatic nitrogens is 2. The zero-order valence-electron chi connectivity index (χ0n) is 15.3. The van der Waals surface area contributed by atoms with Crippen LogP contribution in [-0.4, -0.2) is 65.2 Å². The second-order valence-corrected chi connectivity index (χ2v) is 7.35. The van der Waals surface area contributed by atoms with E-state index in [9.17, 15) is 4.79 Å². The number of methoxy groups -OCH3 is 1. The molecule has 1 unspecified atom stereocenters. The first-order valence-electron chi connectivity index (χ1n) is 9.18. The number of ether oxygens (including phenoxy) is 2. The summed E-state index contributed by atoms with van der Waals surface area (Å²) in [7, 11) is 1.59. The largest absolute Gasteiger partial charge is 0.497 e. The normalized spacial score (nSPS) is 19.8. The highest BCUT2D eigenvalue weighted by atomic mass is 35.5. The van der Waals surface area contributed by atoms with Crippen LogP contribution < -0.4 is 9.47 Å². The summed E-state index contributed by atoms with van der Waals surface area (Å²) >= 11 is 6.18. The molecule has 2 fully saturated rings. The summed E-state index contributed by atoms with van der Waals surface area (Å²) in [6.07, 6.45) is 2.40. The number of aromatic amines is 1. The number of amides is 1. The van der Waals surface area contributed by atoms with Gasteiger partial charge in [-0.3, -0.25) is 14.8 Å².